The van der Waals surface area contributed by atoms with E-state index in [0.717, 1.165) is 5.75 Å². The Morgan fingerprint density at radius 2 is 2.15 bits per heavy atom. The van der Waals surface area contributed by atoms with Crippen LogP contribution >= 0.6 is 0 Å². The summed E-state index contributed by atoms with van der Waals surface area (Å²) in [6.45, 7) is 4.73. The Morgan fingerprint density at radius 3 is 2.80 bits per heavy atom. The van der Waals surface area contributed by atoms with Crippen molar-refractivity contribution < 1.29 is 19.0 Å². The highest BCUT2D eigenvalue weighted by molar-refractivity contribution is 5.94. The number of rotatable bonds is 5. The van der Waals surface area contributed by atoms with Crippen molar-refractivity contribution in [3.63, 3.8) is 0 Å². The Morgan fingerprint density at radius 1 is 1.40 bits per heavy atom. The van der Waals surface area contributed by atoms with Crippen molar-refractivity contribution in [3.05, 3.63) is 29.8 Å². The summed E-state index contributed by atoms with van der Waals surface area (Å²) in [6, 6.07) is 7.22. The molecule has 5 heteroatoms. The van der Waals surface area contributed by atoms with Crippen LogP contribution in [0, 0.1) is 0 Å². The molecule has 1 aromatic carbocycles. The fourth-order valence-corrected chi connectivity index (χ4v) is 2.28. The van der Waals surface area contributed by atoms with Gasteiger partial charge in [-0.2, -0.15) is 0 Å². The van der Waals surface area contributed by atoms with E-state index in [9.17, 15) is 4.79 Å². The second-order valence-electron chi connectivity index (χ2n) is 4.64. The van der Waals surface area contributed by atoms with E-state index in [1.807, 2.05) is 24.0 Å². The molecule has 1 aliphatic rings. The van der Waals surface area contributed by atoms with Gasteiger partial charge in [-0.05, 0) is 31.2 Å². The summed E-state index contributed by atoms with van der Waals surface area (Å²) >= 11 is 0. The molecule has 0 aromatic heterocycles. The molecule has 0 spiro atoms. The van der Waals surface area contributed by atoms with Gasteiger partial charge in [-0.1, -0.05) is 0 Å². The predicted octanol–water partition coefficient (Wildman–Crippen LogP) is 1.57. The normalized spacial score (nSPS) is 18.9. The minimum atomic E-state index is -0.0205. The van der Waals surface area contributed by atoms with Crippen molar-refractivity contribution in [1.82, 2.24) is 4.90 Å². The van der Waals surface area contributed by atoms with E-state index in [1.165, 1.54) is 0 Å². The quantitative estimate of drug-likeness (QED) is 0.821. The van der Waals surface area contributed by atoms with Crippen molar-refractivity contribution in [2.24, 2.45) is 0 Å². The van der Waals surface area contributed by atoms with E-state index >= 15 is 0 Å². The first-order valence-electron chi connectivity index (χ1n) is 6.86. The van der Waals surface area contributed by atoms with Gasteiger partial charge in [-0.15, -0.1) is 0 Å². The van der Waals surface area contributed by atoms with Crippen molar-refractivity contribution >= 4 is 5.91 Å². The molecule has 0 bridgehead atoms. The number of nitrogens with zero attached hydrogens (tertiary/aromatic N) is 1. The van der Waals surface area contributed by atoms with E-state index in [1.54, 1.807) is 19.2 Å². The Kier molecular flexibility index (Phi) is 5.38. The average molecular weight is 279 g/mol. The number of ether oxygens (including phenoxy) is 3. The Hall–Kier alpha value is -1.59. The molecule has 20 heavy (non-hydrogen) atoms. The van der Waals surface area contributed by atoms with E-state index in [4.69, 9.17) is 14.2 Å². The van der Waals surface area contributed by atoms with Gasteiger partial charge in [0.15, 0.2) is 0 Å². The molecule has 5 nitrogen and oxygen atoms in total. The molecule has 1 fully saturated rings. The molecule has 0 radical (unpaired) electrons. The molecular weight excluding hydrogens is 258 g/mol. The fraction of sp³-hybridized carbons (Fsp3) is 0.533. The Bertz CT molecular complexity index is 430. The molecule has 1 amide bonds. The summed E-state index contributed by atoms with van der Waals surface area (Å²) in [4.78, 5) is 14.4. The first-order valence-corrected chi connectivity index (χ1v) is 6.86. The fourth-order valence-electron chi connectivity index (χ4n) is 2.28. The summed E-state index contributed by atoms with van der Waals surface area (Å²) in [5.41, 5.74) is 0.663. The average Bonchev–Trinajstić information content (AvgIpc) is 2.49. The van der Waals surface area contributed by atoms with Crippen LogP contribution < -0.4 is 4.74 Å². The van der Waals surface area contributed by atoms with Gasteiger partial charge in [-0.3, -0.25) is 4.79 Å². The number of hydrogen-bond acceptors (Lipinski definition) is 4. The molecule has 1 unspecified atom stereocenters. The number of hydrogen-bond donors (Lipinski definition) is 0. The molecule has 1 atom stereocenters. The molecule has 1 aliphatic heterocycles. The molecule has 110 valence electrons. The molecule has 2 rings (SSSR count). The van der Waals surface area contributed by atoms with Crippen LogP contribution in [-0.4, -0.2) is 56.9 Å². The first-order chi connectivity index (χ1) is 9.76. The van der Waals surface area contributed by atoms with Crippen LogP contribution in [0.2, 0.25) is 0 Å². The topological polar surface area (TPSA) is 48.0 Å². The van der Waals surface area contributed by atoms with Crippen LogP contribution in [0.25, 0.3) is 0 Å². The molecule has 0 aliphatic carbocycles. The monoisotopic (exact) mass is 279 g/mol. The van der Waals surface area contributed by atoms with Gasteiger partial charge in [0.1, 0.15) is 5.75 Å². The summed E-state index contributed by atoms with van der Waals surface area (Å²) < 4.78 is 15.9. The van der Waals surface area contributed by atoms with Gasteiger partial charge in [0.05, 0.1) is 32.5 Å². The van der Waals surface area contributed by atoms with Crippen LogP contribution in [0.5, 0.6) is 5.75 Å². The van der Waals surface area contributed by atoms with Crippen LogP contribution in [0.3, 0.4) is 0 Å². The van der Waals surface area contributed by atoms with Crippen molar-refractivity contribution in [2.75, 3.05) is 40.1 Å². The molecule has 0 N–H and O–H groups in total. The highest BCUT2D eigenvalue weighted by Gasteiger charge is 2.27. The van der Waals surface area contributed by atoms with Gasteiger partial charge in [-0.25, -0.2) is 0 Å². The van der Waals surface area contributed by atoms with Crippen LogP contribution in [0.4, 0.5) is 0 Å². The van der Waals surface area contributed by atoms with E-state index in [-0.39, 0.29) is 11.9 Å². The van der Waals surface area contributed by atoms with Crippen molar-refractivity contribution in [2.45, 2.75) is 13.0 Å². The van der Waals surface area contributed by atoms with E-state index < -0.39 is 0 Å². The molecule has 1 aromatic rings. The second kappa shape index (κ2) is 7.26. The lowest BCUT2D eigenvalue weighted by Crippen LogP contribution is -2.50. The smallest absolute Gasteiger partial charge is 0.254 e. The lowest BCUT2D eigenvalue weighted by atomic mass is 10.1. The highest BCUT2D eigenvalue weighted by Crippen LogP contribution is 2.16. The van der Waals surface area contributed by atoms with Crippen molar-refractivity contribution in [3.8, 4) is 5.75 Å². The number of carbonyl (C=O) groups is 1. The SMILES string of the molecule is CCOc1ccc(C(=O)N2CCOCC2COC)cc1. The van der Waals surface area contributed by atoms with Crippen LogP contribution in [-0.2, 0) is 9.47 Å². The van der Waals surface area contributed by atoms with E-state index in [2.05, 4.69) is 0 Å². The van der Waals surface area contributed by atoms with Gasteiger partial charge < -0.3 is 19.1 Å². The lowest BCUT2D eigenvalue weighted by molar-refractivity contribution is -0.0251. The zero-order valence-corrected chi connectivity index (χ0v) is 12.0. The third-order valence-electron chi connectivity index (χ3n) is 3.26. The zero-order chi connectivity index (χ0) is 14.4. The van der Waals surface area contributed by atoms with Crippen molar-refractivity contribution in [1.29, 1.82) is 0 Å². The predicted molar refractivity (Wildman–Crippen MR) is 75.1 cm³/mol. The minimum absolute atomic E-state index is 0.0124. The molecule has 1 saturated heterocycles. The van der Waals surface area contributed by atoms with Gasteiger partial charge >= 0.3 is 0 Å². The second-order valence-corrected chi connectivity index (χ2v) is 4.64. The summed E-state index contributed by atoms with van der Waals surface area (Å²) in [5, 5.41) is 0. The summed E-state index contributed by atoms with van der Waals surface area (Å²) in [7, 11) is 1.63. The van der Waals surface area contributed by atoms with E-state index in [0.29, 0.717) is 38.5 Å². The third kappa shape index (κ3) is 3.49. The lowest BCUT2D eigenvalue weighted by Gasteiger charge is -2.35. The van der Waals surface area contributed by atoms with Gasteiger partial charge in [0, 0.05) is 19.2 Å². The molecular formula is C15H21NO4. The largest absolute Gasteiger partial charge is 0.494 e. The van der Waals surface area contributed by atoms with Crippen LogP contribution in [0.1, 0.15) is 17.3 Å². The third-order valence-corrected chi connectivity index (χ3v) is 3.26. The number of benzene rings is 1. The standard InChI is InChI=1S/C15H21NO4/c1-3-20-14-6-4-12(5-7-14)15(17)16-8-9-19-11-13(16)10-18-2/h4-7,13H,3,8-11H2,1-2H3. The first kappa shape index (κ1) is 14.8. The molecule has 0 saturated carbocycles. The maximum atomic E-state index is 12.5. The van der Waals surface area contributed by atoms with Crippen LogP contribution in [0.15, 0.2) is 24.3 Å². The number of carbonyl (C=O) groups excluding carboxylic acids is 1. The number of methoxy groups -OCH3 is 1. The minimum Gasteiger partial charge on any atom is -0.494 e. The summed E-state index contributed by atoms with van der Waals surface area (Å²) in [6.07, 6.45) is 0. The highest BCUT2D eigenvalue weighted by atomic mass is 16.5. The summed E-state index contributed by atoms with van der Waals surface area (Å²) in [5.74, 6) is 0.790. The maximum absolute atomic E-state index is 12.5. The Labute approximate surface area is 119 Å². The number of amides is 1. The maximum Gasteiger partial charge on any atom is 0.254 e. The van der Waals surface area contributed by atoms with Gasteiger partial charge in [0.2, 0.25) is 0 Å². The number of morpholine rings is 1. The zero-order valence-electron chi connectivity index (χ0n) is 12.0. The van der Waals surface area contributed by atoms with Gasteiger partial charge in [0.25, 0.3) is 5.91 Å². The Balaban J connectivity index is 2.08. The molecule has 1 heterocycles.